The molecule has 2 nitrogen and oxygen atoms in total. The third-order valence-electron chi connectivity index (χ3n) is 3.31. The average molecular weight is 317 g/mol. The van der Waals surface area contributed by atoms with E-state index in [2.05, 4.69) is 6.92 Å². The first-order chi connectivity index (χ1) is 9.29. The van der Waals surface area contributed by atoms with Crippen molar-refractivity contribution in [1.82, 2.24) is 0 Å². The Morgan fingerprint density at radius 1 is 1.35 bits per heavy atom. The number of methoxy groups -OCH3 is 1. The molecule has 1 aromatic rings. The summed E-state index contributed by atoms with van der Waals surface area (Å²) in [6.07, 6.45) is 2.05. The van der Waals surface area contributed by atoms with Crippen molar-refractivity contribution in [3.63, 3.8) is 0 Å². The molecule has 4 heteroatoms. The first-order valence-electron chi connectivity index (χ1n) is 7.01. The van der Waals surface area contributed by atoms with Crippen LogP contribution in [0.5, 0.6) is 5.75 Å². The van der Waals surface area contributed by atoms with E-state index in [1.54, 1.807) is 7.11 Å². The smallest absolute Gasteiger partial charge is 0.123 e. The number of halogens is 1. The Morgan fingerprint density at radius 2 is 2.00 bits per heavy atom. The van der Waals surface area contributed by atoms with E-state index >= 15 is 0 Å². The highest BCUT2D eigenvalue weighted by molar-refractivity contribution is 7.86. The lowest BCUT2D eigenvalue weighted by molar-refractivity contribution is 0.405. The van der Waals surface area contributed by atoms with Gasteiger partial charge in [-0.3, -0.25) is 4.21 Å². The van der Waals surface area contributed by atoms with Crippen molar-refractivity contribution in [3.8, 4) is 5.75 Å². The Hall–Kier alpha value is -0.540. The van der Waals surface area contributed by atoms with Gasteiger partial charge in [0.1, 0.15) is 5.75 Å². The zero-order valence-electron chi connectivity index (χ0n) is 13.0. The summed E-state index contributed by atoms with van der Waals surface area (Å²) in [6.45, 7) is 8.21. The Kier molecular flexibility index (Phi) is 6.53. The second kappa shape index (κ2) is 7.46. The van der Waals surface area contributed by atoms with Gasteiger partial charge in [0.2, 0.25) is 0 Å². The minimum absolute atomic E-state index is 0.189. The molecule has 0 aliphatic carbocycles. The maximum Gasteiger partial charge on any atom is 0.123 e. The summed E-state index contributed by atoms with van der Waals surface area (Å²) in [6, 6.07) is 5.71. The summed E-state index contributed by atoms with van der Waals surface area (Å²) >= 11 is 6.02. The molecule has 0 fully saturated rings. The second-order valence-corrected chi connectivity index (χ2v) is 8.68. The highest BCUT2D eigenvalue weighted by Crippen LogP contribution is 2.34. The Bertz CT molecular complexity index is 466. The largest absolute Gasteiger partial charge is 0.496 e. The molecule has 0 aromatic heterocycles. The number of ether oxygens (including phenoxy) is 1. The van der Waals surface area contributed by atoms with Gasteiger partial charge in [0.15, 0.2) is 0 Å². The fourth-order valence-corrected chi connectivity index (χ4v) is 3.51. The third kappa shape index (κ3) is 4.78. The molecule has 0 saturated heterocycles. The SMILES string of the molecule is CCCC(C[S@@](=O)C(C)(C)C)c1ccc(Cl)cc1OC. The van der Waals surface area contributed by atoms with Crippen LogP contribution in [-0.4, -0.2) is 21.8 Å². The molecule has 0 saturated carbocycles. The quantitative estimate of drug-likeness (QED) is 0.755. The van der Waals surface area contributed by atoms with Crippen LogP contribution in [0.15, 0.2) is 18.2 Å². The molecule has 1 unspecified atom stereocenters. The van der Waals surface area contributed by atoms with E-state index in [-0.39, 0.29) is 10.7 Å². The minimum Gasteiger partial charge on any atom is -0.496 e. The van der Waals surface area contributed by atoms with E-state index in [1.165, 1.54) is 0 Å². The maximum atomic E-state index is 12.4. The Balaban J connectivity index is 3.05. The van der Waals surface area contributed by atoms with Gasteiger partial charge in [0.25, 0.3) is 0 Å². The molecular weight excluding hydrogens is 292 g/mol. The predicted molar refractivity (Wildman–Crippen MR) is 88.4 cm³/mol. The van der Waals surface area contributed by atoms with E-state index < -0.39 is 10.8 Å². The van der Waals surface area contributed by atoms with Gasteiger partial charge < -0.3 is 4.74 Å². The van der Waals surface area contributed by atoms with E-state index in [0.717, 1.165) is 24.2 Å². The van der Waals surface area contributed by atoms with E-state index in [0.29, 0.717) is 10.8 Å². The molecule has 0 aliphatic heterocycles. The lowest BCUT2D eigenvalue weighted by Crippen LogP contribution is -2.27. The molecule has 0 amide bonds. The normalized spacial score (nSPS) is 14.9. The van der Waals surface area contributed by atoms with Gasteiger partial charge in [-0.15, -0.1) is 0 Å². The molecule has 0 spiro atoms. The van der Waals surface area contributed by atoms with Gasteiger partial charge in [-0.2, -0.15) is 0 Å². The van der Waals surface area contributed by atoms with Crippen molar-refractivity contribution in [2.45, 2.75) is 51.2 Å². The molecule has 0 aliphatic rings. The van der Waals surface area contributed by atoms with Crippen LogP contribution in [0.1, 0.15) is 52.0 Å². The lowest BCUT2D eigenvalue weighted by Gasteiger charge is -2.24. The van der Waals surface area contributed by atoms with Crippen molar-refractivity contribution < 1.29 is 8.95 Å². The highest BCUT2D eigenvalue weighted by Gasteiger charge is 2.25. The van der Waals surface area contributed by atoms with Crippen LogP contribution in [0, 0.1) is 0 Å². The third-order valence-corrected chi connectivity index (χ3v) is 5.61. The summed E-state index contributed by atoms with van der Waals surface area (Å²) < 4.78 is 17.7. The maximum absolute atomic E-state index is 12.4. The average Bonchev–Trinajstić information content (AvgIpc) is 2.36. The second-order valence-electron chi connectivity index (χ2n) is 6.00. The van der Waals surface area contributed by atoms with E-state index in [4.69, 9.17) is 16.3 Å². The van der Waals surface area contributed by atoms with Crippen molar-refractivity contribution in [2.24, 2.45) is 0 Å². The molecule has 0 radical (unpaired) electrons. The molecule has 2 atom stereocenters. The molecular formula is C16H25ClO2S. The number of rotatable bonds is 6. The van der Waals surface area contributed by atoms with Crippen LogP contribution in [0.4, 0.5) is 0 Å². The van der Waals surface area contributed by atoms with Crippen molar-refractivity contribution in [1.29, 1.82) is 0 Å². The zero-order chi connectivity index (χ0) is 15.3. The monoisotopic (exact) mass is 316 g/mol. The van der Waals surface area contributed by atoms with Crippen molar-refractivity contribution in [2.75, 3.05) is 12.9 Å². The predicted octanol–water partition coefficient (Wildman–Crippen LogP) is 4.78. The summed E-state index contributed by atoms with van der Waals surface area (Å²) in [5.41, 5.74) is 1.11. The van der Waals surface area contributed by atoms with Crippen LogP contribution in [-0.2, 0) is 10.8 Å². The lowest BCUT2D eigenvalue weighted by atomic mass is 9.95. The number of hydrogen-bond acceptors (Lipinski definition) is 2. The van der Waals surface area contributed by atoms with Gasteiger partial charge in [-0.1, -0.05) is 31.0 Å². The molecule has 1 rings (SSSR count). The van der Waals surface area contributed by atoms with Crippen molar-refractivity contribution >= 4 is 22.4 Å². The molecule has 20 heavy (non-hydrogen) atoms. The fourth-order valence-electron chi connectivity index (χ4n) is 2.13. The number of hydrogen-bond donors (Lipinski definition) is 0. The number of benzene rings is 1. The zero-order valence-corrected chi connectivity index (χ0v) is 14.6. The van der Waals surface area contributed by atoms with Gasteiger partial charge >= 0.3 is 0 Å². The highest BCUT2D eigenvalue weighted by atomic mass is 35.5. The van der Waals surface area contributed by atoms with Crippen LogP contribution in [0.25, 0.3) is 0 Å². The Morgan fingerprint density at radius 3 is 2.50 bits per heavy atom. The Labute approximate surface area is 130 Å². The molecule has 1 aromatic carbocycles. The van der Waals surface area contributed by atoms with Crippen LogP contribution in [0.2, 0.25) is 5.02 Å². The van der Waals surface area contributed by atoms with Crippen LogP contribution >= 0.6 is 11.6 Å². The summed E-state index contributed by atoms with van der Waals surface area (Å²) in [5.74, 6) is 1.70. The van der Waals surface area contributed by atoms with Crippen LogP contribution in [0.3, 0.4) is 0 Å². The topological polar surface area (TPSA) is 26.3 Å². The fraction of sp³-hybridized carbons (Fsp3) is 0.625. The summed E-state index contributed by atoms with van der Waals surface area (Å²) in [7, 11) is 0.778. The summed E-state index contributed by atoms with van der Waals surface area (Å²) in [5, 5.41) is 0.665. The molecule has 114 valence electrons. The molecule has 0 bridgehead atoms. The summed E-state index contributed by atoms with van der Waals surface area (Å²) in [4.78, 5) is 0. The van der Waals surface area contributed by atoms with Gasteiger partial charge in [-0.25, -0.2) is 0 Å². The van der Waals surface area contributed by atoms with E-state index in [9.17, 15) is 4.21 Å². The first kappa shape index (κ1) is 17.5. The van der Waals surface area contributed by atoms with Gasteiger partial charge in [0.05, 0.1) is 7.11 Å². The molecule has 0 N–H and O–H groups in total. The standard InChI is InChI=1S/C16H25ClO2S/c1-6-7-12(11-20(18)16(2,3)4)14-9-8-13(17)10-15(14)19-5/h8-10,12H,6-7,11H2,1-5H3/t12?,20-/m1/s1. The van der Waals surface area contributed by atoms with E-state index in [1.807, 2.05) is 39.0 Å². The van der Waals surface area contributed by atoms with Gasteiger partial charge in [0, 0.05) is 26.3 Å². The molecule has 0 heterocycles. The van der Waals surface area contributed by atoms with Crippen molar-refractivity contribution in [3.05, 3.63) is 28.8 Å². The minimum atomic E-state index is -0.874. The van der Waals surface area contributed by atoms with Crippen LogP contribution < -0.4 is 4.74 Å². The first-order valence-corrected chi connectivity index (χ1v) is 8.71. The van der Waals surface area contributed by atoms with Gasteiger partial charge in [-0.05, 0) is 50.8 Å².